The predicted molar refractivity (Wildman–Crippen MR) is 154 cm³/mol. The second-order valence-corrected chi connectivity index (χ2v) is 10.9. The first-order valence-electron chi connectivity index (χ1n) is 14.1. The highest BCUT2D eigenvalue weighted by Crippen LogP contribution is 2.46. The van der Waals surface area contributed by atoms with E-state index in [4.69, 9.17) is 4.74 Å². The van der Waals surface area contributed by atoms with Gasteiger partial charge in [-0.15, -0.1) is 0 Å². The number of unbranched alkanes of at least 4 members (excludes halogenated alkanes) is 4. The summed E-state index contributed by atoms with van der Waals surface area (Å²) < 4.78 is 5.37. The largest absolute Gasteiger partial charge is 0.511 e. The molecule has 0 aromatic heterocycles. The Kier molecular flexibility index (Phi) is 11.6. The first kappa shape index (κ1) is 32.7. The Morgan fingerprint density at radius 2 is 1.52 bits per heavy atom. The molecular weight excluding hydrogens is 512 g/mol. The maximum atomic E-state index is 13.6. The van der Waals surface area contributed by atoms with Crippen molar-refractivity contribution in [1.82, 2.24) is 0 Å². The van der Waals surface area contributed by atoms with Crippen LogP contribution in [0.25, 0.3) is 0 Å². The number of hydrogen-bond acceptors (Lipinski definition) is 8. The van der Waals surface area contributed by atoms with Crippen LogP contribution >= 0.6 is 0 Å². The van der Waals surface area contributed by atoms with Gasteiger partial charge in [0.15, 0.2) is 17.3 Å². The van der Waals surface area contributed by atoms with Crippen LogP contribution in [0.2, 0.25) is 0 Å². The molecule has 4 N–H and O–H groups in total. The SMILES string of the molecule is CCCCCC(=O)C1=C(O)C(Cc2c(OC)cc(O)c(C(=O)CCCCC)c2O)=C(O)C(C)(CC=C(C)C)C1=O. The summed E-state index contributed by atoms with van der Waals surface area (Å²) in [4.78, 5) is 39.8. The number of hydrogen-bond donors (Lipinski definition) is 4. The molecular formula is C32H44O8. The van der Waals surface area contributed by atoms with E-state index in [9.17, 15) is 34.8 Å². The third kappa shape index (κ3) is 6.95. The number of ether oxygens (including phenoxy) is 1. The van der Waals surface area contributed by atoms with Gasteiger partial charge in [0.05, 0.1) is 12.5 Å². The van der Waals surface area contributed by atoms with Crippen LogP contribution in [0.5, 0.6) is 17.2 Å². The van der Waals surface area contributed by atoms with Crippen LogP contribution in [0, 0.1) is 5.41 Å². The van der Waals surface area contributed by atoms with Gasteiger partial charge in [-0.05, 0) is 40.0 Å². The van der Waals surface area contributed by atoms with Crippen LogP contribution in [0.3, 0.4) is 0 Å². The number of carbonyl (C=O) groups is 3. The van der Waals surface area contributed by atoms with Crippen LogP contribution in [-0.4, -0.2) is 44.9 Å². The second kappa shape index (κ2) is 14.2. The number of benzene rings is 1. The number of rotatable bonds is 15. The number of ketones is 3. The van der Waals surface area contributed by atoms with Crippen LogP contribution < -0.4 is 4.74 Å². The fourth-order valence-electron chi connectivity index (χ4n) is 4.91. The van der Waals surface area contributed by atoms with Crippen molar-refractivity contribution in [2.45, 2.75) is 98.8 Å². The maximum absolute atomic E-state index is 13.6. The number of aromatic hydroxyl groups is 2. The number of phenolic OH excluding ortho intramolecular Hbond substituents is 2. The van der Waals surface area contributed by atoms with Crippen molar-refractivity contribution in [3.8, 4) is 17.2 Å². The average molecular weight is 557 g/mol. The minimum atomic E-state index is -1.53. The number of aliphatic hydroxyl groups excluding tert-OH is 2. The van der Waals surface area contributed by atoms with E-state index < -0.39 is 45.8 Å². The van der Waals surface area contributed by atoms with Gasteiger partial charge in [-0.2, -0.15) is 0 Å². The molecule has 8 nitrogen and oxygen atoms in total. The van der Waals surface area contributed by atoms with Gasteiger partial charge < -0.3 is 25.2 Å². The lowest BCUT2D eigenvalue weighted by molar-refractivity contribution is -0.127. The van der Waals surface area contributed by atoms with Crippen LogP contribution in [0.4, 0.5) is 0 Å². The van der Waals surface area contributed by atoms with Crippen LogP contribution in [-0.2, 0) is 16.0 Å². The molecule has 40 heavy (non-hydrogen) atoms. The summed E-state index contributed by atoms with van der Waals surface area (Å²) in [5, 5.41) is 44.4. The minimum absolute atomic E-state index is 0.0203. The van der Waals surface area contributed by atoms with E-state index in [0.29, 0.717) is 12.8 Å². The highest BCUT2D eigenvalue weighted by atomic mass is 16.5. The van der Waals surface area contributed by atoms with Crippen LogP contribution in [0.15, 0.2) is 40.4 Å². The molecule has 0 radical (unpaired) electrons. The molecule has 0 bridgehead atoms. The summed E-state index contributed by atoms with van der Waals surface area (Å²) in [5.74, 6) is -3.68. The zero-order chi connectivity index (χ0) is 30.2. The third-order valence-electron chi connectivity index (χ3n) is 7.47. The van der Waals surface area contributed by atoms with Gasteiger partial charge in [-0.3, -0.25) is 14.4 Å². The molecule has 1 aromatic carbocycles. The van der Waals surface area contributed by atoms with Gasteiger partial charge >= 0.3 is 0 Å². The van der Waals surface area contributed by atoms with Crippen molar-refractivity contribution in [3.63, 3.8) is 0 Å². The van der Waals surface area contributed by atoms with Gasteiger partial charge in [0.25, 0.3) is 0 Å². The zero-order valence-electron chi connectivity index (χ0n) is 24.6. The highest BCUT2D eigenvalue weighted by Gasteiger charge is 2.47. The number of methoxy groups -OCH3 is 1. The van der Waals surface area contributed by atoms with Gasteiger partial charge in [0, 0.05) is 36.5 Å². The number of carbonyl (C=O) groups excluding carboxylic acids is 3. The highest BCUT2D eigenvalue weighted by molar-refractivity contribution is 6.24. The summed E-state index contributed by atoms with van der Waals surface area (Å²) in [6.07, 6.45) is 6.17. The Balaban J connectivity index is 2.73. The van der Waals surface area contributed by atoms with E-state index in [2.05, 4.69) is 0 Å². The first-order chi connectivity index (χ1) is 18.8. The van der Waals surface area contributed by atoms with Gasteiger partial charge in [-0.25, -0.2) is 0 Å². The third-order valence-corrected chi connectivity index (χ3v) is 7.47. The van der Waals surface area contributed by atoms with Crippen LogP contribution in [0.1, 0.15) is 108 Å². The monoisotopic (exact) mass is 556 g/mol. The van der Waals surface area contributed by atoms with E-state index in [-0.39, 0.29) is 53.7 Å². The second-order valence-electron chi connectivity index (χ2n) is 10.9. The zero-order valence-corrected chi connectivity index (χ0v) is 24.6. The summed E-state index contributed by atoms with van der Waals surface area (Å²) >= 11 is 0. The summed E-state index contributed by atoms with van der Waals surface area (Å²) in [7, 11) is 1.32. The molecule has 0 aliphatic heterocycles. The summed E-state index contributed by atoms with van der Waals surface area (Å²) in [6.45, 7) is 9.20. The Bertz CT molecular complexity index is 1230. The first-order valence-corrected chi connectivity index (χ1v) is 14.1. The van der Waals surface area contributed by atoms with Crippen molar-refractivity contribution in [3.05, 3.63) is 51.5 Å². The predicted octanol–water partition coefficient (Wildman–Crippen LogP) is 7.13. The van der Waals surface area contributed by atoms with Gasteiger partial charge in [0.2, 0.25) is 0 Å². The molecule has 0 spiro atoms. The summed E-state index contributed by atoms with van der Waals surface area (Å²) in [5.41, 5.74) is -1.36. The minimum Gasteiger partial charge on any atom is -0.511 e. The van der Waals surface area contributed by atoms with Crippen molar-refractivity contribution >= 4 is 17.3 Å². The van der Waals surface area contributed by atoms with E-state index >= 15 is 0 Å². The summed E-state index contributed by atoms with van der Waals surface area (Å²) in [6, 6.07) is 1.20. The maximum Gasteiger partial charge on any atom is 0.183 e. The van der Waals surface area contributed by atoms with E-state index in [0.717, 1.165) is 31.3 Å². The average Bonchev–Trinajstić information content (AvgIpc) is 2.90. The smallest absolute Gasteiger partial charge is 0.183 e. The van der Waals surface area contributed by atoms with E-state index in [1.54, 1.807) is 6.08 Å². The molecule has 0 saturated heterocycles. The molecule has 220 valence electrons. The Morgan fingerprint density at radius 3 is 2.05 bits per heavy atom. The topological polar surface area (TPSA) is 141 Å². The fourth-order valence-corrected chi connectivity index (χ4v) is 4.91. The lowest BCUT2D eigenvalue weighted by atomic mass is 9.69. The molecule has 1 aliphatic carbocycles. The molecule has 2 rings (SSSR count). The van der Waals surface area contributed by atoms with Gasteiger partial charge in [0.1, 0.15) is 39.9 Å². The van der Waals surface area contributed by atoms with Crippen molar-refractivity contribution in [2.24, 2.45) is 5.41 Å². The van der Waals surface area contributed by atoms with Crippen molar-refractivity contribution in [2.75, 3.05) is 7.11 Å². The molecule has 0 fully saturated rings. The van der Waals surface area contributed by atoms with E-state index in [1.165, 1.54) is 20.1 Å². The lowest BCUT2D eigenvalue weighted by Gasteiger charge is -2.34. The number of phenols is 2. The molecule has 8 heteroatoms. The molecule has 0 heterocycles. The molecule has 1 aliphatic rings. The Labute approximate surface area is 237 Å². The van der Waals surface area contributed by atoms with E-state index in [1.807, 2.05) is 27.7 Å². The number of Topliss-reactive ketones (excluding diaryl/α,β-unsaturated/α-hetero) is 3. The van der Waals surface area contributed by atoms with Crippen molar-refractivity contribution in [1.29, 1.82) is 0 Å². The molecule has 0 saturated carbocycles. The molecule has 1 atom stereocenters. The molecule has 1 unspecified atom stereocenters. The molecule has 1 aromatic rings. The Hall–Kier alpha value is -3.55. The molecule has 0 amide bonds. The quantitative estimate of drug-likeness (QED) is 0.0773. The number of allylic oxidation sites excluding steroid dienone is 5. The fraction of sp³-hybridized carbons (Fsp3) is 0.531. The normalized spacial score (nSPS) is 17.3. The lowest BCUT2D eigenvalue weighted by Crippen LogP contribution is -2.39. The standard InChI is InChI=1S/C32H44O8/c1-7-9-11-13-22(33)26-24(35)18-25(40-6)20(28(26)36)17-21-29(37)27(23(34)14-12-10-8-2)31(39)32(5,30(21)38)16-15-19(3)4/h15,18,35-38H,7-14,16-17H2,1-6H3. The van der Waals surface area contributed by atoms with Gasteiger partial charge in [-0.1, -0.05) is 51.2 Å². The van der Waals surface area contributed by atoms with Crippen molar-refractivity contribution < 1.29 is 39.5 Å². The Morgan fingerprint density at radius 1 is 0.950 bits per heavy atom. The number of aliphatic hydroxyl groups is 2.